The molecule has 0 aliphatic heterocycles. The number of nitrogen functional groups attached to an aromatic ring is 1. The van der Waals surface area contributed by atoms with Gasteiger partial charge in [0.2, 0.25) is 0 Å². The highest BCUT2D eigenvalue weighted by atomic mass is 35.5. The number of methoxy groups -OCH3 is 1. The number of nitrogens with one attached hydrogen (secondary N) is 2. The third kappa shape index (κ3) is 4.50. The van der Waals surface area contributed by atoms with E-state index in [2.05, 4.69) is 15.7 Å². The lowest BCUT2D eigenvalue weighted by atomic mass is 10.1. The van der Waals surface area contributed by atoms with Gasteiger partial charge in [-0.25, -0.2) is 13.9 Å². The Balaban J connectivity index is 1.71. The molecule has 2 amide bonds. The molecule has 4 rings (SSSR count). The molecule has 0 bridgehead atoms. The van der Waals surface area contributed by atoms with Crippen LogP contribution in [-0.2, 0) is 0 Å². The number of halogens is 2. The second-order valence-electron chi connectivity index (χ2n) is 6.82. The number of rotatable bonds is 5. The Hall–Kier alpha value is -4.04. The lowest BCUT2D eigenvalue weighted by molar-refractivity contribution is 0.262. The molecule has 162 valence electrons. The number of aromatic nitrogens is 2. The molecule has 9 heteroatoms. The fraction of sp³-hybridized carbons (Fsp3) is 0.0435. The molecule has 0 spiro atoms. The average Bonchev–Trinajstić information content (AvgIpc) is 3.11. The highest BCUT2D eigenvalue weighted by molar-refractivity contribution is 6.30. The molecule has 32 heavy (non-hydrogen) atoms. The quantitative estimate of drug-likeness (QED) is 0.370. The van der Waals surface area contributed by atoms with Gasteiger partial charge in [-0.2, -0.15) is 5.10 Å². The zero-order chi connectivity index (χ0) is 22.7. The molecule has 1 aromatic heterocycles. The predicted octanol–water partition coefficient (Wildman–Crippen LogP) is 5.57. The first-order valence-corrected chi connectivity index (χ1v) is 9.95. The third-order valence-corrected chi connectivity index (χ3v) is 4.93. The maximum absolute atomic E-state index is 13.4. The number of nitrogens with zero attached hydrogens (tertiary/aromatic N) is 2. The minimum absolute atomic E-state index is 0.183. The van der Waals surface area contributed by atoms with Gasteiger partial charge in [-0.1, -0.05) is 29.8 Å². The summed E-state index contributed by atoms with van der Waals surface area (Å²) >= 11 is 6.01. The van der Waals surface area contributed by atoms with Gasteiger partial charge < -0.3 is 21.1 Å². The summed E-state index contributed by atoms with van der Waals surface area (Å²) in [6, 6.07) is 19.1. The van der Waals surface area contributed by atoms with Crippen molar-refractivity contribution < 1.29 is 13.9 Å². The molecule has 0 radical (unpaired) electrons. The standard InChI is InChI=1S/C23H19ClFN5O2/c1-32-19-4-2-3-17(13-19)27-23(31)28-21-20(14-5-7-15(24)8-6-14)29-30(22(21)26)18-11-9-16(25)10-12-18/h2-13H,26H2,1H3,(H2,27,28,31). The summed E-state index contributed by atoms with van der Waals surface area (Å²) in [5.41, 5.74) is 8.86. The first kappa shape index (κ1) is 21.2. The van der Waals surface area contributed by atoms with E-state index in [0.29, 0.717) is 39.1 Å². The van der Waals surface area contributed by atoms with Gasteiger partial charge in [0.15, 0.2) is 5.82 Å². The first-order valence-electron chi connectivity index (χ1n) is 9.57. The summed E-state index contributed by atoms with van der Waals surface area (Å²) in [6.07, 6.45) is 0. The van der Waals surface area contributed by atoms with E-state index in [1.165, 1.54) is 16.8 Å². The largest absolute Gasteiger partial charge is 0.497 e. The number of hydrogen-bond acceptors (Lipinski definition) is 4. The Morgan fingerprint density at radius 3 is 2.47 bits per heavy atom. The van der Waals surface area contributed by atoms with Crippen molar-refractivity contribution in [3.05, 3.63) is 83.6 Å². The summed E-state index contributed by atoms with van der Waals surface area (Å²) in [6.45, 7) is 0. The number of benzene rings is 3. The van der Waals surface area contributed by atoms with Crippen LogP contribution >= 0.6 is 11.6 Å². The van der Waals surface area contributed by atoms with Crippen LogP contribution in [0.2, 0.25) is 5.02 Å². The molecule has 0 saturated carbocycles. The van der Waals surface area contributed by atoms with E-state index in [9.17, 15) is 9.18 Å². The Bertz CT molecular complexity index is 1260. The van der Waals surface area contributed by atoms with Crippen molar-refractivity contribution in [2.24, 2.45) is 0 Å². The number of anilines is 3. The fourth-order valence-electron chi connectivity index (χ4n) is 3.12. The van der Waals surface area contributed by atoms with Crippen molar-refractivity contribution in [3.8, 4) is 22.7 Å². The number of amides is 2. The number of carbonyl (C=O) groups is 1. The molecule has 4 N–H and O–H groups in total. The average molecular weight is 452 g/mol. The van der Waals surface area contributed by atoms with Crippen molar-refractivity contribution in [2.45, 2.75) is 0 Å². The number of ether oxygens (including phenoxy) is 1. The SMILES string of the molecule is COc1cccc(NC(=O)Nc2c(-c3ccc(Cl)cc3)nn(-c3ccc(F)cc3)c2N)c1. The molecular formula is C23H19ClFN5O2. The van der Waals surface area contributed by atoms with Crippen LogP contribution in [0.5, 0.6) is 5.75 Å². The van der Waals surface area contributed by atoms with Crippen LogP contribution in [0.4, 0.5) is 26.4 Å². The maximum atomic E-state index is 13.4. The summed E-state index contributed by atoms with van der Waals surface area (Å²) in [5.74, 6) is 0.407. The molecule has 0 saturated heterocycles. The Morgan fingerprint density at radius 2 is 1.78 bits per heavy atom. The summed E-state index contributed by atoms with van der Waals surface area (Å²) in [5, 5.41) is 10.6. The molecule has 0 atom stereocenters. The van der Waals surface area contributed by atoms with Crippen molar-refractivity contribution in [1.29, 1.82) is 0 Å². The Kier molecular flexibility index (Phi) is 5.96. The van der Waals surface area contributed by atoms with Crippen molar-refractivity contribution in [1.82, 2.24) is 9.78 Å². The van der Waals surface area contributed by atoms with Crippen molar-refractivity contribution in [3.63, 3.8) is 0 Å². The van der Waals surface area contributed by atoms with Gasteiger partial charge in [0, 0.05) is 22.3 Å². The van der Waals surface area contributed by atoms with Crippen LogP contribution < -0.4 is 21.1 Å². The molecule has 4 aromatic rings. The van der Waals surface area contributed by atoms with E-state index in [1.54, 1.807) is 67.8 Å². The second kappa shape index (κ2) is 8.99. The van der Waals surface area contributed by atoms with Crippen LogP contribution in [-0.4, -0.2) is 22.9 Å². The van der Waals surface area contributed by atoms with E-state index in [-0.39, 0.29) is 11.6 Å². The van der Waals surface area contributed by atoms with Gasteiger partial charge in [-0.3, -0.25) is 0 Å². The van der Waals surface area contributed by atoms with E-state index in [0.717, 1.165) is 0 Å². The Labute approximate surface area is 188 Å². The third-order valence-electron chi connectivity index (χ3n) is 4.68. The normalized spacial score (nSPS) is 10.6. The zero-order valence-corrected chi connectivity index (χ0v) is 17.7. The van der Waals surface area contributed by atoms with Gasteiger partial charge in [0.1, 0.15) is 22.9 Å². The molecule has 0 unspecified atom stereocenters. The maximum Gasteiger partial charge on any atom is 0.323 e. The molecule has 1 heterocycles. The van der Waals surface area contributed by atoms with Crippen LogP contribution in [0.1, 0.15) is 0 Å². The summed E-state index contributed by atoms with van der Waals surface area (Å²) in [7, 11) is 1.54. The van der Waals surface area contributed by atoms with Crippen LogP contribution in [0.15, 0.2) is 72.8 Å². The number of carbonyl (C=O) groups excluding carboxylic acids is 1. The van der Waals surface area contributed by atoms with E-state index >= 15 is 0 Å². The summed E-state index contributed by atoms with van der Waals surface area (Å²) < 4.78 is 20.0. The molecule has 3 aromatic carbocycles. The lowest BCUT2D eigenvalue weighted by Crippen LogP contribution is -2.20. The summed E-state index contributed by atoms with van der Waals surface area (Å²) in [4.78, 5) is 12.7. The topological polar surface area (TPSA) is 94.2 Å². The van der Waals surface area contributed by atoms with Crippen LogP contribution in [0, 0.1) is 5.82 Å². The van der Waals surface area contributed by atoms with Gasteiger partial charge >= 0.3 is 6.03 Å². The highest BCUT2D eigenvalue weighted by Gasteiger charge is 2.20. The first-order chi connectivity index (χ1) is 15.4. The minimum Gasteiger partial charge on any atom is -0.497 e. The van der Waals surface area contributed by atoms with Crippen molar-refractivity contribution >= 4 is 34.8 Å². The number of hydrogen-bond donors (Lipinski definition) is 3. The van der Waals surface area contributed by atoms with Crippen LogP contribution in [0.25, 0.3) is 16.9 Å². The predicted molar refractivity (Wildman–Crippen MR) is 124 cm³/mol. The van der Waals surface area contributed by atoms with Gasteiger partial charge in [-0.05, 0) is 48.5 Å². The Morgan fingerprint density at radius 1 is 1.06 bits per heavy atom. The van der Waals surface area contributed by atoms with Gasteiger partial charge in [0.25, 0.3) is 0 Å². The fourth-order valence-corrected chi connectivity index (χ4v) is 3.25. The molecule has 7 nitrogen and oxygen atoms in total. The molecule has 0 aliphatic carbocycles. The lowest BCUT2D eigenvalue weighted by Gasteiger charge is -2.10. The zero-order valence-electron chi connectivity index (χ0n) is 17.0. The van der Waals surface area contributed by atoms with E-state index < -0.39 is 6.03 Å². The number of nitrogens with two attached hydrogens (primary N) is 1. The smallest absolute Gasteiger partial charge is 0.323 e. The minimum atomic E-state index is -0.515. The van der Waals surface area contributed by atoms with E-state index in [4.69, 9.17) is 22.1 Å². The van der Waals surface area contributed by atoms with Gasteiger partial charge in [-0.15, -0.1) is 0 Å². The van der Waals surface area contributed by atoms with Gasteiger partial charge in [0.05, 0.1) is 12.8 Å². The monoisotopic (exact) mass is 451 g/mol. The molecule has 0 fully saturated rings. The van der Waals surface area contributed by atoms with Crippen LogP contribution in [0.3, 0.4) is 0 Å². The van der Waals surface area contributed by atoms with E-state index in [1.807, 2.05) is 0 Å². The second-order valence-corrected chi connectivity index (χ2v) is 7.25. The van der Waals surface area contributed by atoms with Crippen molar-refractivity contribution in [2.75, 3.05) is 23.5 Å². The highest BCUT2D eigenvalue weighted by Crippen LogP contribution is 2.35. The molecular weight excluding hydrogens is 433 g/mol. The molecule has 0 aliphatic rings. The number of urea groups is 1.